The average molecular weight is 419 g/mol. The Morgan fingerprint density at radius 1 is 1.17 bits per heavy atom. The zero-order chi connectivity index (χ0) is 21.2. The number of ether oxygens (including phenoxy) is 3. The van der Waals surface area contributed by atoms with Crippen LogP contribution >= 0.6 is 0 Å². The van der Waals surface area contributed by atoms with Gasteiger partial charge >= 0.3 is 0 Å². The van der Waals surface area contributed by atoms with E-state index in [1.54, 1.807) is 44.2 Å². The van der Waals surface area contributed by atoms with Crippen molar-refractivity contribution >= 4 is 15.6 Å². The molecule has 1 aliphatic rings. The van der Waals surface area contributed by atoms with Crippen molar-refractivity contribution in [2.75, 3.05) is 20.3 Å². The van der Waals surface area contributed by atoms with Gasteiger partial charge < -0.3 is 14.2 Å². The van der Waals surface area contributed by atoms with Gasteiger partial charge in [0, 0.05) is 16.7 Å². The van der Waals surface area contributed by atoms with E-state index in [9.17, 15) is 13.2 Å². The first kappa shape index (κ1) is 21.5. The van der Waals surface area contributed by atoms with E-state index in [0.29, 0.717) is 41.2 Å². The summed E-state index contributed by atoms with van der Waals surface area (Å²) in [4.78, 5) is 11.6. The van der Waals surface area contributed by atoms with E-state index in [4.69, 9.17) is 14.2 Å². The third-order valence-corrected chi connectivity index (χ3v) is 7.36. The maximum atomic E-state index is 13.3. The second-order valence-electron chi connectivity index (χ2n) is 7.26. The van der Waals surface area contributed by atoms with Crippen LogP contribution in [0.1, 0.15) is 53.1 Å². The summed E-state index contributed by atoms with van der Waals surface area (Å²) in [5.74, 6) is -0.832. The van der Waals surface area contributed by atoms with Crippen molar-refractivity contribution in [1.29, 1.82) is 0 Å². The Bertz CT molecular complexity index is 1010. The Kier molecular flexibility index (Phi) is 6.12. The SMILES string of the molecule is COc1cc(C(C)=O)ccc1C(C)S(=O)(=O)Cc1ccccc1C1(C)OCCO1. The predicted octanol–water partition coefficient (Wildman–Crippen LogP) is 3.79. The maximum absolute atomic E-state index is 13.3. The minimum Gasteiger partial charge on any atom is -0.496 e. The molecule has 0 bridgehead atoms. The number of sulfone groups is 1. The van der Waals surface area contributed by atoms with E-state index in [2.05, 4.69) is 0 Å². The summed E-state index contributed by atoms with van der Waals surface area (Å²) in [6, 6.07) is 12.1. The monoisotopic (exact) mass is 418 g/mol. The minimum absolute atomic E-state index is 0.107. The zero-order valence-electron chi connectivity index (χ0n) is 17.1. The Balaban J connectivity index is 1.94. The molecule has 156 valence electrons. The number of hydrogen-bond acceptors (Lipinski definition) is 6. The summed E-state index contributed by atoms with van der Waals surface area (Å²) >= 11 is 0. The molecule has 0 amide bonds. The Labute approximate surface area is 171 Å². The number of ketones is 1. The van der Waals surface area contributed by atoms with Crippen molar-refractivity contribution < 1.29 is 27.4 Å². The largest absolute Gasteiger partial charge is 0.496 e. The van der Waals surface area contributed by atoms with Crippen molar-refractivity contribution in [3.05, 3.63) is 64.7 Å². The predicted molar refractivity (Wildman–Crippen MR) is 110 cm³/mol. The summed E-state index contributed by atoms with van der Waals surface area (Å²) in [5, 5.41) is -0.815. The molecule has 1 aliphatic heterocycles. The number of carbonyl (C=O) groups excluding carboxylic acids is 1. The molecule has 29 heavy (non-hydrogen) atoms. The van der Waals surface area contributed by atoms with E-state index >= 15 is 0 Å². The highest BCUT2D eigenvalue weighted by Gasteiger charge is 2.36. The molecular weight excluding hydrogens is 392 g/mol. The summed E-state index contributed by atoms with van der Waals surface area (Å²) in [6.07, 6.45) is 0. The van der Waals surface area contributed by atoms with E-state index in [1.165, 1.54) is 14.0 Å². The van der Waals surface area contributed by atoms with Crippen molar-refractivity contribution in [2.24, 2.45) is 0 Å². The molecule has 7 heteroatoms. The lowest BCUT2D eigenvalue weighted by Crippen LogP contribution is -2.25. The maximum Gasteiger partial charge on any atom is 0.192 e. The van der Waals surface area contributed by atoms with Crippen LogP contribution in [0.3, 0.4) is 0 Å². The minimum atomic E-state index is -3.59. The van der Waals surface area contributed by atoms with Crippen LogP contribution in [0.25, 0.3) is 0 Å². The lowest BCUT2D eigenvalue weighted by molar-refractivity contribution is -0.150. The number of Topliss-reactive ketones (excluding diaryl/α,β-unsaturated/α-hetero) is 1. The molecule has 1 fully saturated rings. The van der Waals surface area contributed by atoms with Gasteiger partial charge in [-0.25, -0.2) is 8.42 Å². The average Bonchev–Trinajstić information content (AvgIpc) is 3.14. The van der Waals surface area contributed by atoms with Crippen LogP contribution in [-0.4, -0.2) is 34.5 Å². The molecule has 0 spiro atoms. The van der Waals surface area contributed by atoms with Crippen LogP contribution < -0.4 is 4.74 Å². The smallest absolute Gasteiger partial charge is 0.192 e. The van der Waals surface area contributed by atoms with Gasteiger partial charge in [-0.1, -0.05) is 36.4 Å². The second kappa shape index (κ2) is 8.26. The van der Waals surface area contributed by atoms with E-state index in [-0.39, 0.29) is 11.5 Å². The van der Waals surface area contributed by atoms with Crippen LogP contribution in [0.5, 0.6) is 5.75 Å². The van der Waals surface area contributed by atoms with E-state index in [0.717, 1.165) is 0 Å². The number of hydrogen-bond donors (Lipinski definition) is 0. The summed E-state index contributed by atoms with van der Waals surface area (Å²) in [6.45, 7) is 5.83. The zero-order valence-corrected chi connectivity index (χ0v) is 17.9. The summed E-state index contributed by atoms with van der Waals surface area (Å²) < 4.78 is 43.3. The molecule has 0 aromatic heterocycles. The molecule has 0 saturated carbocycles. The van der Waals surface area contributed by atoms with Gasteiger partial charge in [0.2, 0.25) is 0 Å². The van der Waals surface area contributed by atoms with Crippen LogP contribution in [0.4, 0.5) is 0 Å². The molecule has 0 N–H and O–H groups in total. The molecule has 3 rings (SSSR count). The van der Waals surface area contributed by atoms with Gasteiger partial charge in [-0.2, -0.15) is 0 Å². The fourth-order valence-electron chi connectivity index (χ4n) is 3.56. The number of benzene rings is 2. The first-order chi connectivity index (χ1) is 13.7. The van der Waals surface area contributed by atoms with Crippen molar-refractivity contribution in [3.8, 4) is 5.75 Å². The van der Waals surface area contributed by atoms with Crippen molar-refractivity contribution in [2.45, 2.75) is 37.6 Å². The van der Waals surface area contributed by atoms with Gasteiger partial charge in [-0.15, -0.1) is 0 Å². The Hall–Kier alpha value is -2.22. The standard InChI is InChI=1S/C22H26O6S/c1-15(23)17-9-10-19(21(13-17)26-4)16(2)29(24,25)14-18-7-5-6-8-20(18)22(3)27-11-12-28-22/h5-10,13,16H,11-12,14H2,1-4H3. The van der Waals surface area contributed by atoms with Gasteiger partial charge in [0.15, 0.2) is 21.4 Å². The highest BCUT2D eigenvalue weighted by Crippen LogP contribution is 2.37. The molecule has 0 aliphatic carbocycles. The molecule has 2 aromatic rings. The van der Waals surface area contributed by atoms with E-state index in [1.807, 2.05) is 12.1 Å². The van der Waals surface area contributed by atoms with Crippen molar-refractivity contribution in [1.82, 2.24) is 0 Å². The van der Waals surface area contributed by atoms with Gasteiger partial charge in [0.25, 0.3) is 0 Å². The van der Waals surface area contributed by atoms with Crippen LogP contribution in [0.15, 0.2) is 42.5 Å². The van der Waals surface area contributed by atoms with E-state index < -0.39 is 20.9 Å². The fraction of sp³-hybridized carbons (Fsp3) is 0.409. The number of carbonyl (C=O) groups is 1. The van der Waals surface area contributed by atoms with Crippen LogP contribution in [-0.2, 0) is 30.9 Å². The summed E-state index contributed by atoms with van der Waals surface area (Å²) in [7, 11) is -2.12. The quantitative estimate of drug-likeness (QED) is 0.637. The van der Waals surface area contributed by atoms with Gasteiger partial charge in [0.1, 0.15) is 5.75 Å². The van der Waals surface area contributed by atoms with Crippen LogP contribution in [0.2, 0.25) is 0 Å². The Morgan fingerprint density at radius 3 is 2.45 bits per heavy atom. The molecule has 1 heterocycles. The molecular formula is C22H26O6S. The topological polar surface area (TPSA) is 78.9 Å². The molecule has 1 saturated heterocycles. The third-order valence-electron chi connectivity index (χ3n) is 5.32. The molecule has 2 aromatic carbocycles. The fourth-order valence-corrected chi connectivity index (χ4v) is 5.08. The Morgan fingerprint density at radius 2 is 1.83 bits per heavy atom. The first-order valence-corrected chi connectivity index (χ1v) is 11.2. The molecule has 6 nitrogen and oxygen atoms in total. The lowest BCUT2D eigenvalue weighted by atomic mass is 10.0. The highest BCUT2D eigenvalue weighted by molar-refractivity contribution is 7.90. The number of methoxy groups -OCH3 is 1. The number of rotatable bonds is 7. The second-order valence-corrected chi connectivity index (χ2v) is 9.58. The summed E-state index contributed by atoms with van der Waals surface area (Å²) in [5.41, 5.74) is 2.36. The van der Waals surface area contributed by atoms with Gasteiger partial charge in [-0.3, -0.25) is 4.79 Å². The van der Waals surface area contributed by atoms with Crippen molar-refractivity contribution in [3.63, 3.8) is 0 Å². The molecule has 1 atom stereocenters. The molecule has 1 unspecified atom stereocenters. The highest BCUT2D eigenvalue weighted by atomic mass is 32.2. The van der Waals surface area contributed by atoms with Crippen LogP contribution in [0, 0.1) is 0 Å². The normalized spacial score (nSPS) is 17.1. The van der Waals surface area contributed by atoms with Gasteiger partial charge in [0.05, 0.1) is 31.3 Å². The molecule has 0 radical (unpaired) electrons. The third kappa shape index (κ3) is 4.37. The lowest BCUT2D eigenvalue weighted by Gasteiger charge is -2.26. The first-order valence-electron chi connectivity index (χ1n) is 9.44. The van der Waals surface area contributed by atoms with Gasteiger partial charge in [-0.05, 0) is 32.4 Å².